The summed E-state index contributed by atoms with van der Waals surface area (Å²) in [7, 11) is -10.4. The number of carbonyl (C=O) groups excluding carboxylic acids is 1. The van der Waals surface area contributed by atoms with Gasteiger partial charge >= 0.3 is 15.6 Å². The Morgan fingerprint density at radius 3 is 2.55 bits per heavy atom. The molecule has 0 spiro atoms. The number of nitrogens with two attached hydrogens (primary N) is 1. The van der Waals surface area contributed by atoms with Crippen molar-refractivity contribution in [3.8, 4) is 0 Å². The van der Waals surface area contributed by atoms with Gasteiger partial charge in [-0.3, -0.25) is 36.8 Å². The van der Waals surface area contributed by atoms with E-state index in [1.165, 1.54) is 21.8 Å². The van der Waals surface area contributed by atoms with Crippen LogP contribution in [0.15, 0.2) is 30.0 Å². The maximum absolute atomic E-state index is 16.4. The molecule has 7 N–H and O–H groups in total. The van der Waals surface area contributed by atoms with Crippen molar-refractivity contribution in [3.63, 3.8) is 0 Å². The molecule has 4 aliphatic heterocycles. The van der Waals surface area contributed by atoms with Crippen LogP contribution in [-0.4, -0.2) is 131 Å². The Morgan fingerprint density at radius 1 is 1.02 bits per heavy atom. The molecule has 304 valence electrons. The second-order valence-corrected chi connectivity index (χ2v) is 16.0. The molecule has 8 heterocycles. The summed E-state index contributed by atoms with van der Waals surface area (Å²) in [6, 6.07) is 0. The SMILES string of the molecule is NCC(=O)NCOCCn1cnc2c(ncn2[C@@H]2O[C@@H]3COP(=O)(O)OC4[C@@H](F)[C@H](n5cc6c7c(ncnc75)NCCC6)O[C@@H]4COP(=O)(O)O[C@@H]2[C@@H]3O)c1=O. The maximum atomic E-state index is 16.4. The smallest absolute Gasteiger partial charge is 0.387 e. The lowest BCUT2D eigenvalue weighted by Crippen LogP contribution is -2.35. The fourth-order valence-corrected chi connectivity index (χ4v) is 8.86. The largest absolute Gasteiger partial charge is 0.472 e. The number of alkyl halides is 1. The number of carbonyl (C=O) groups is 1. The highest BCUT2D eigenvalue weighted by Crippen LogP contribution is 2.54. The van der Waals surface area contributed by atoms with E-state index in [0.29, 0.717) is 29.8 Å². The van der Waals surface area contributed by atoms with Gasteiger partial charge in [0.25, 0.3) is 5.56 Å². The maximum Gasteiger partial charge on any atom is 0.472 e. The number of phosphoric ester groups is 2. The zero-order valence-electron chi connectivity index (χ0n) is 29.1. The van der Waals surface area contributed by atoms with Crippen molar-refractivity contribution in [3.05, 3.63) is 41.1 Å². The van der Waals surface area contributed by atoms with Gasteiger partial charge in [-0.1, -0.05) is 0 Å². The predicted octanol–water partition coefficient (Wildman–Crippen LogP) is -1.04. The highest BCUT2D eigenvalue weighted by molar-refractivity contribution is 7.47. The number of halogens is 1. The van der Waals surface area contributed by atoms with Gasteiger partial charge in [0.15, 0.2) is 29.8 Å². The van der Waals surface area contributed by atoms with Gasteiger partial charge in [-0.25, -0.2) is 33.5 Å². The van der Waals surface area contributed by atoms with E-state index < -0.39 is 89.5 Å². The zero-order chi connectivity index (χ0) is 39.4. The van der Waals surface area contributed by atoms with Crippen LogP contribution in [0.1, 0.15) is 24.4 Å². The van der Waals surface area contributed by atoms with Crippen molar-refractivity contribution >= 4 is 49.6 Å². The lowest BCUT2D eigenvalue weighted by Gasteiger charge is -2.25. The number of anilines is 1. The predicted molar refractivity (Wildman–Crippen MR) is 184 cm³/mol. The van der Waals surface area contributed by atoms with Crippen LogP contribution in [0.2, 0.25) is 0 Å². The Kier molecular flexibility index (Phi) is 10.8. The average molecular weight is 831 g/mol. The van der Waals surface area contributed by atoms with E-state index >= 15 is 4.39 Å². The summed E-state index contributed by atoms with van der Waals surface area (Å²) in [5, 5.41) is 17.5. The molecule has 24 nitrogen and oxygen atoms in total. The van der Waals surface area contributed by atoms with Gasteiger partial charge in [-0.05, 0) is 18.4 Å². The first-order chi connectivity index (χ1) is 26.8. The average Bonchev–Trinajstić information content (AvgIpc) is 3.88. The van der Waals surface area contributed by atoms with E-state index in [-0.39, 0.29) is 37.6 Å². The molecule has 4 aromatic heterocycles. The molecule has 4 aromatic rings. The number of nitrogens with zero attached hydrogens (tertiary/aromatic N) is 7. The summed E-state index contributed by atoms with van der Waals surface area (Å²) in [5.41, 5.74) is 5.50. The van der Waals surface area contributed by atoms with Crippen molar-refractivity contribution in [1.82, 2.24) is 39.0 Å². The first kappa shape index (κ1) is 39.0. The molecule has 56 heavy (non-hydrogen) atoms. The minimum atomic E-state index is -5.19. The first-order valence-electron chi connectivity index (χ1n) is 17.3. The molecule has 4 aliphatic rings. The van der Waals surface area contributed by atoms with Crippen LogP contribution in [0.3, 0.4) is 0 Å². The molecule has 0 radical (unpaired) electrons. The fraction of sp³-hybridized carbons (Fsp3) is 0.586. The lowest BCUT2D eigenvalue weighted by molar-refractivity contribution is -0.121. The number of fused-ring (bicyclic) bond motifs is 4. The summed E-state index contributed by atoms with van der Waals surface area (Å²) < 4.78 is 85.1. The molecule has 3 unspecified atom stereocenters. The second-order valence-electron chi connectivity index (χ2n) is 13.2. The summed E-state index contributed by atoms with van der Waals surface area (Å²) >= 11 is 0. The third kappa shape index (κ3) is 7.51. The summed E-state index contributed by atoms with van der Waals surface area (Å²) in [6.07, 6.45) is -7.06. The number of ether oxygens (including phenoxy) is 3. The number of phosphoric acid groups is 2. The summed E-state index contributed by atoms with van der Waals surface area (Å²) in [6.45, 7) is -1.39. The van der Waals surface area contributed by atoms with Gasteiger partial charge in [-0.2, -0.15) is 0 Å². The molecular formula is C29H37FN10O14P2. The van der Waals surface area contributed by atoms with E-state index in [0.717, 1.165) is 22.9 Å². The fourth-order valence-electron chi connectivity index (χ4n) is 6.97. The van der Waals surface area contributed by atoms with E-state index in [2.05, 4.69) is 30.6 Å². The zero-order valence-corrected chi connectivity index (χ0v) is 30.9. The van der Waals surface area contributed by atoms with Gasteiger partial charge in [0.05, 0.1) is 44.6 Å². The van der Waals surface area contributed by atoms with E-state index in [4.69, 9.17) is 38.0 Å². The molecule has 3 saturated heterocycles. The quantitative estimate of drug-likeness (QED) is 0.0702. The second kappa shape index (κ2) is 15.5. The normalized spacial score (nSPS) is 33.6. The van der Waals surface area contributed by atoms with Gasteiger partial charge in [0.1, 0.15) is 61.4 Å². The molecule has 27 heteroatoms. The first-order valence-corrected chi connectivity index (χ1v) is 20.3. The molecule has 0 aliphatic carbocycles. The minimum absolute atomic E-state index is 0.00927. The van der Waals surface area contributed by atoms with Crippen LogP contribution >= 0.6 is 15.6 Å². The number of hydrogen-bond donors (Lipinski definition) is 6. The van der Waals surface area contributed by atoms with Gasteiger partial charge in [0.2, 0.25) is 5.91 Å². The van der Waals surface area contributed by atoms with Crippen molar-refractivity contribution in [1.29, 1.82) is 0 Å². The molecule has 0 saturated carbocycles. The van der Waals surface area contributed by atoms with Crippen LogP contribution in [0.5, 0.6) is 0 Å². The molecule has 10 atom stereocenters. The molecule has 0 aromatic carbocycles. The number of hydrogen-bond acceptors (Lipinski definition) is 18. The van der Waals surface area contributed by atoms with E-state index in [9.17, 15) is 33.6 Å². The number of rotatable bonds is 8. The molecular weight excluding hydrogens is 793 g/mol. The molecule has 1 amide bonds. The number of aryl methyl sites for hydroxylation is 1. The standard InChI is InChI=1S/C29H37FN10O14P2/c30-19-22-16(52-28(19)39-7-14-2-1-3-32-24-18(14)25(39)34-10-33-24)9-50-56(46,47)54-23-21(42)15(8-49-55(44,45)53-22)51-29(23)40-12-35-20-26(40)36-11-38(27(20)43)4-5-48-13-37-17(41)6-31/h7,10-12,15-16,19,21-23,28-29,42H,1-6,8-9,13,31H2,(H,37,41)(H,44,45)(H,46,47)(H,32,33,34)/t15-,16-,19-,21-,22?,23-,28-,29-/m1/s1. The third-order valence-electron chi connectivity index (χ3n) is 9.63. The number of aromatic nitrogens is 7. The Hall–Kier alpha value is -3.81. The topological polar surface area (TPSA) is 310 Å². The number of aliphatic hydroxyl groups excluding tert-OH is 1. The lowest BCUT2D eigenvalue weighted by atomic mass is 10.1. The van der Waals surface area contributed by atoms with Crippen LogP contribution in [0.4, 0.5) is 10.2 Å². The number of imidazole rings is 1. The van der Waals surface area contributed by atoms with Gasteiger partial charge in [0, 0.05) is 12.7 Å². The molecule has 2 bridgehead atoms. The number of amides is 1. The van der Waals surface area contributed by atoms with E-state index in [1.54, 1.807) is 6.20 Å². The van der Waals surface area contributed by atoms with Crippen molar-refractivity contribution in [2.45, 2.75) is 68.5 Å². The Balaban J connectivity index is 1.03. The third-order valence-corrected chi connectivity index (χ3v) is 11.6. The molecule has 3 fully saturated rings. The van der Waals surface area contributed by atoms with Crippen LogP contribution in [-0.2, 0) is 59.2 Å². The van der Waals surface area contributed by atoms with Crippen LogP contribution in [0.25, 0.3) is 22.2 Å². The number of nitrogens with one attached hydrogen (secondary N) is 2. The van der Waals surface area contributed by atoms with Gasteiger partial charge < -0.3 is 50.0 Å². The Labute approximate surface area is 314 Å². The summed E-state index contributed by atoms with van der Waals surface area (Å²) in [5.74, 6) is 0.123. The molecule has 8 rings (SSSR count). The van der Waals surface area contributed by atoms with Crippen molar-refractivity contribution in [2.24, 2.45) is 5.73 Å². The van der Waals surface area contributed by atoms with Crippen LogP contribution in [0, 0.1) is 0 Å². The van der Waals surface area contributed by atoms with E-state index in [1.807, 2.05) is 0 Å². The highest BCUT2D eigenvalue weighted by atomic mass is 31.2. The Bertz CT molecular complexity index is 2280. The van der Waals surface area contributed by atoms with Crippen LogP contribution < -0.4 is 21.9 Å². The van der Waals surface area contributed by atoms with Crippen molar-refractivity contribution in [2.75, 3.05) is 45.0 Å². The monoisotopic (exact) mass is 830 g/mol. The number of aliphatic hydroxyl groups is 1. The minimum Gasteiger partial charge on any atom is -0.387 e. The van der Waals surface area contributed by atoms with Crippen molar-refractivity contribution < 1.29 is 65.5 Å². The highest BCUT2D eigenvalue weighted by Gasteiger charge is 2.54. The summed E-state index contributed by atoms with van der Waals surface area (Å²) in [4.78, 5) is 63.2. The van der Waals surface area contributed by atoms with Gasteiger partial charge in [-0.15, -0.1) is 0 Å². The Morgan fingerprint density at radius 2 is 1.77 bits per heavy atom.